The first-order valence-electron chi connectivity index (χ1n) is 9.01. The third-order valence-corrected chi connectivity index (χ3v) is 4.80. The van der Waals surface area contributed by atoms with Gasteiger partial charge in [-0.3, -0.25) is 4.79 Å². The van der Waals surface area contributed by atoms with Crippen LogP contribution in [0.3, 0.4) is 0 Å². The van der Waals surface area contributed by atoms with Crippen LogP contribution in [-0.4, -0.2) is 41.2 Å². The fraction of sp³-hybridized carbons (Fsp3) is 0.579. The second kappa shape index (κ2) is 9.44. The summed E-state index contributed by atoms with van der Waals surface area (Å²) < 4.78 is 42.9. The van der Waals surface area contributed by atoms with Crippen LogP contribution in [0.25, 0.3) is 6.08 Å². The molecule has 8 heteroatoms. The lowest BCUT2D eigenvalue weighted by Crippen LogP contribution is -2.33. The lowest BCUT2D eigenvalue weighted by molar-refractivity contribution is -0.160. The molecule has 1 fully saturated rings. The fourth-order valence-corrected chi connectivity index (χ4v) is 2.88. The number of carbonyl (C=O) groups excluding carboxylic acids is 1. The number of nitrogens with zero attached hydrogens (tertiary/aromatic N) is 2. The molecule has 0 spiro atoms. The number of rotatable bonds is 7. The van der Waals surface area contributed by atoms with Gasteiger partial charge in [-0.25, -0.2) is 4.98 Å². The third kappa shape index (κ3) is 7.05. The molecule has 2 heterocycles. The highest BCUT2D eigenvalue weighted by atomic mass is 35.5. The first kappa shape index (κ1) is 21.5. The van der Waals surface area contributed by atoms with E-state index in [1.807, 2.05) is 6.08 Å². The Morgan fingerprint density at radius 3 is 2.93 bits per heavy atom. The zero-order valence-corrected chi connectivity index (χ0v) is 16.2. The Hall–Kier alpha value is -1.76. The Kier molecular flexibility index (Phi) is 7.53. The molecule has 1 aliphatic rings. The van der Waals surface area contributed by atoms with Crippen LogP contribution in [0.2, 0.25) is 5.15 Å². The maximum absolute atomic E-state index is 12.4. The predicted octanol–water partition coefficient (Wildman–Crippen LogP) is 5.12. The Morgan fingerprint density at radius 1 is 1.52 bits per heavy atom. The van der Waals surface area contributed by atoms with E-state index in [1.165, 1.54) is 4.90 Å². The molecular weight excluding hydrogens is 381 g/mol. The minimum absolute atomic E-state index is 0.110. The van der Waals surface area contributed by atoms with Crippen LogP contribution >= 0.6 is 11.6 Å². The molecule has 0 radical (unpaired) electrons. The molecule has 1 amide bonds. The maximum Gasteiger partial charge on any atom is 0.397 e. The number of aromatic nitrogens is 1. The lowest BCUT2D eigenvalue weighted by Gasteiger charge is -2.18. The summed E-state index contributed by atoms with van der Waals surface area (Å²) in [6.07, 6.45) is 1.80. The number of likely N-dealkylation sites (tertiary alicyclic amines) is 1. The van der Waals surface area contributed by atoms with Crippen LogP contribution in [0.1, 0.15) is 45.1 Å². The second-order valence-corrected chi connectivity index (χ2v) is 7.23. The van der Waals surface area contributed by atoms with Gasteiger partial charge in [0.25, 0.3) is 0 Å². The van der Waals surface area contributed by atoms with Gasteiger partial charge in [0.2, 0.25) is 5.91 Å². The van der Waals surface area contributed by atoms with Gasteiger partial charge in [-0.15, -0.1) is 0 Å². The zero-order valence-electron chi connectivity index (χ0n) is 15.4. The number of pyridine rings is 1. The van der Waals surface area contributed by atoms with Gasteiger partial charge in [0.1, 0.15) is 12.5 Å². The van der Waals surface area contributed by atoms with Crippen LogP contribution in [0, 0.1) is 5.92 Å². The molecule has 2 atom stereocenters. The molecule has 1 saturated heterocycles. The maximum atomic E-state index is 12.4. The number of carbonyl (C=O) groups is 1. The standard InChI is InChI=1S/C19H24ClF3N2O2/c1-3-13(2)5-4-6-14-9-16(18(20)24-11-14)27-15-7-8-25(12-15)17(26)10-19(21,22)23/h4,6,9,11,13,15H,3,5,7-8,10,12H2,1-2H3/b6-4+/t13-,15-/m1/s1. The van der Waals surface area contributed by atoms with Gasteiger partial charge in [-0.1, -0.05) is 44.0 Å². The number of alkyl halides is 3. The van der Waals surface area contributed by atoms with Crippen molar-refractivity contribution >= 4 is 23.6 Å². The van der Waals surface area contributed by atoms with Crippen molar-refractivity contribution in [2.75, 3.05) is 13.1 Å². The molecule has 0 unspecified atom stereocenters. The Morgan fingerprint density at radius 2 is 2.26 bits per heavy atom. The minimum atomic E-state index is -4.50. The minimum Gasteiger partial charge on any atom is -0.485 e. The number of ether oxygens (including phenoxy) is 1. The number of hydrogen-bond donors (Lipinski definition) is 0. The van der Waals surface area contributed by atoms with E-state index < -0.39 is 24.6 Å². The highest BCUT2D eigenvalue weighted by Gasteiger charge is 2.36. The summed E-state index contributed by atoms with van der Waals surface area (Å²) in [6, 6.07) is 1.75. The molecule has 4 nitrogen and oxygen atoms in total. The van der Waals surface area contributed by atoms with Crippen molar-refractivity contribution in [3.8, 4) is 5.75 Å². The van der Waals surface area contributed by atoms with E-state index in [0.29, 0.717) is 18.1 Å². The van der Waals surface area contributed by atoms with Crippen molar-refractivity contribution in [2.45, 2.75) is 51.8 Å². The summed E-state index contributed by atoms with van der Waals surface area (Å²) in [5.41, 5.74) is 0.834. The summed E-state index contributed by atoms with van der Waals surface area (Å²) in [5, 5.41) is 0.189. The third-order valence-electron chi connectivity index (χ3n) is 4.52. The van der Waals surface area contributed by atoms with E-state index in [1.54, 1.807) is 12.3 Å². The van der Waals surface area contributed by atoms with Gasteiger partial charge in [-0.2, -0.15) is 13.2 Å². The first-order chi connectivity index (χ1) is 12.7. The smallest absolute Gasteiger partial charge is 0.397 e. The first-order valence-corrected chi connectivity index (χ1v) is 9.39. The average molecular weight is 405 g/mol. The Bertz CT molecular complexity index is 679. The summed E-state index contributed by atoms with van der Waals surface area (Å²) in [5.74, 6) is 0.0352. The van der Waals surface area contributed by atoms with Crippen molar-refractivity contribution < 1.29 is 22.7 Å². The SMILES string of the molecule is CC[C@@H](C)C/C=C/c1cnc(Cl)c(O[C@@H]2CCN(C(=O)CC(F)(F)F)C2)c1. The molecule has 1 aromatic rings. The summed E-state index contributed by atoms with van der Waals surface area (Å²) in [6.45, 7) is 4.65. The number of hydrogen-bond acceptors (Lipinski definition) is 3. The summed E-state index contributed by atoms with van der Waals surface area (Å²) in [7, 11) is 0. The van der Waals surface area contributed by atoms with E-state index in [0.717, 1.165) is 18.4 Å². The Balaban J connectivity index is 1.95. The number of halogens is 4. The molecule has 0 bridgehead atoms. The summed E-state index contributed by atoms with van der Waals surface area (Å²) >= 11 is 6.08. The largest absolute Gasteiger partial charge is 0.485 e. The monoisotopic (exact) mass is 404 g/mol. The van der Waals surface area contributed by atoms with Crippen molar-refractivity contribution in [3.05, 3.63) is 29.1 Å². The van der Waals surface area contributed by atoms with Crippen LogP contribution in [-0.2, 0) is 4.79 Å². The summed E-state index contributed by atoms with van der Waals surface area (Å²) in [4.78, 5) is 17.0. The Labute approximate surface area is 162 Å². The van der Waals surface area contributed by atoms with E-state index in [2.05, 4.69) is 24.9 Å². The average Bonchev–Trinajstić information content (AvgIpc) is 3.05. The highest BCUT2D eigenvalue weighted by molar-refractivity contribution is 6.30. The lowest BCUT2D eigenvalue weighted by atomic mass is 10.0. The van der Waals surface area contributed by atoms with E-state index >= 15 is 0 Å². The van der Waals surface area contributed by atoms with Crippen molar-refractivity contribution in [1.29, 1.82) is 0 Å². The molecule has 150 valence electrons. The topological polar surface area (TPSA) is 42.4 Å². The van der Waals surface area contributed by atoms with Crippen molar-refractivity contribution in [1.82, 2.24) is 9.88 Å². The van der Waals surface area contributed by atoms with Crippen molar-refractivity contribution in [3.63, 3.8) is 0 Å². The molecule has 2 rings (SSSR count). The van der Waals surface area contributed by atoms with Gasteiger partial charge in [0.05, 0.1) is 6.54 Å². The molecule has 0 N–H and O–H groups in total. The van der Waals surface area contributed by atoms with Crippen molar-refractivity contribution in [2.24, 2.45) is 5.92 Å². The van der Waals surface area contributed by atoms with E-state index in [9.17, 15) is 18.0 Å². The zero-order chi connectivity index (χ0) is 20.0. The molecule has 0 saturated carbocycles. The van der Waals surface area contributed by atoms with Gasteiger partial charge in [-0.05, 0) is 24.0 Å². The van der Waals surface area contributed by atoms with Crippen LogP contribution < -0.4 is 4.74 Å². The molecular formula is C19H24ClF3N2O2. The fourth-order valence-electron chi connectivity index (χ4n) is 2.73. The highest BCUT2D eigenvalue weighted by Crippen LogP contribution is 2.28. The van der Waals surface area contributed by atoms with E-state index in [-0.39, 0.29) is 18.2 Å². The van der Waals surface area contributed by atoms with Gasteiger partial charge < -0.3 is 9.64 Å². The number of allylic oxidation sites excluding steroid dienone is 1. The molecule has 0 aliphatic carbocycles. The van der Waals surface area contributed by atoms with Gasteiger partial charge in [0.15, 0.2) is 10.9 Å². The van der Waals surface area contributed by atoms with Gasteiger partial charge in [0, 0.05) is 19.2 Å². The van der Waals surface area contributed by atoms with Crippen LogP contribution in [0.5, 0.6) is 5.75 Å². The molecule has 0 aromatic carbocycles. The number of amides is 1. The normalized spacial score (nSPS) is 18.9. The second-order valence-electron chi connectivity index (χ2n) is 6.87. The van der Waals surface area contributed by atoms with Gasteiger partial charge >= 0.3 is 6.18 Å². The molecule has 1 aromatic heterocycles. The van der Waals surface area contributed by atoms with Crippen LogP contribution in [0.4, 0.5) is 13.2 Å². The molecule has 27 heavy (non-hydrogen) atoms. The quantitative estimate of drug-likeness (QED) is 0.592. The predicted molar refractivity (Wildman–Crippen MR) is 98.6 cm³/mol. The van der Waals surface area contributed by atoms with Crippen LogP contribution in [0.15, 0.2) is 18.3 Å². The van der Waals surface area contributed by atoms with E-state index in [4.69, 9.17) is 16.3 Å². The molecule has 1 aliphatic heterocycles.